The third-order valence-corrected chi connectivity index (χ3v) is 7.98. The van der Waals surface area contributed by atoms with Crippen molar-refractivity contribution in [3.05, 3.63) is 97.7 Å². The fraction of sp³-hybridized carbons (Fsp3) is 0.0952. The Bertz CT molecular complexity index is 1330. The summed E-state index contributed by atoms with van der Waals surface area (Å²) >= 11 is 19.4. The lowest BCUT2D eigenvalue weighted by molar-refractivity contribution is 0.0941. The summed E-state index contributed by atoms with van der Waals surface area (Å²) in [7, 11) is -4.03. The Morgan fingerprint density at radius 3 is 2.67 bits per heavy atom. The van der Waals surface area contributed by atoms with Crippen molar-refractivity contribution in [1.82, 2.24) is 14.3 Å². The molecule has 33 heavy (non-hydrogen) atoms. The van der Waals surface area contributed by atoms with E-state index in [0.29, 0.717) is 15.7 Å². The molecule has 7 nitrogen and oxygen atoms in total. The second-order valence-corrected chi connectivity index (χ2v) is 10.8. The molecule has 1 unspecified atom stereocenters. The van der Waals surface area contributed by atoms with Crippen molar-refractivity contribution in [2.75, 3.05) is 4.72 Å². The minimum atomic E-state index is -4.03. The molecule has 2 aromatic carbocycles. The molecule has 0 spiro atoms. The number of rotatable bonds is 6. The molecule has 2 heterocycles. The van der Waals surface area contributed by atoms with Crippen LogP contribution >= 0.6 is 46.9 Å². The number of carbonyl (C=O) groups excluding carboxylic acids is 1. The van der Waals surface area contributed by atoms with Gasteiger partial charge in [-0.3, -0.25) is 13.8 Å². The summed E-state index contributed by atoms with van der Waals surface area (Å²) in [4.78, 5) is 13.1. The number of carbonyl (C=O) groups is 1. The van der Waals surface area contributed by atoms with E-state index in [9.17, 15) is 13.2 Å². The third kappa shape index (κ3) is 5.12. The van der Waals surface area contributed by atoms with E-state index in [-0.39, 0.29) is 21.2 Å². The lowest BCUT2D eigenvalue weighted by Crippen LogP contribution is -2.28. The number of sulfonamides is 1. The van der Waals surface area contributed by atoms with Crippen molar-refractivity contribution < 1.29 is 13.2 Å². The Labute approximate surface area is 210 Å². The molecule has 0 radical (unpaired) electrons. The normalized spacial score (nSPS) is 15.8. The van der Waals surface area contributed by atoms with E-state index in [2.05, 4.69) is 14.8 Å². The molecule has 1 amide bonds. The van der Waals surface area contributed by atoms with Crippen molar-refractivity contribution in [2.24, 2.45) is 0 Å². The van der Waals surface area contributed by atoms with Crippen LogP contribution in [0.2, 0.25) is 15.1 Å². The number of anilines is 1. The number of nitrogens with one attached hydrogen (secondary N) is 3. The number of hydrogen-bond acceptors (Lipinski definition) is 6. The predicted molar refractivity (Wildman–Crippen MR) is 134 cm³/mol. The molecule has 1 atom stereocenters. The number of amides is 1. The molecule has 0 bridgehead atoms. The zero-order valence-corrected chi connectivity index (χ0v) is 20.9. The van der Waals surface area contributed by atoms with Crippen molar-refractivity contribution in [1.29, 1.82) is 0 Å². The van der Waals surface area contributed by atoms with Crippen molar-refractivity contribution >= 4 is 68.6 Å². The van der Waals surface area contributed by atoms with Gasteiger partial charge in [0.25, 0.3) is 15.9 Å². The van der Waals surface area contributed by atoms with Gasteiger partial charge in [0.1, 0.15) is 4.91 Å². The minimum Gasteiger partial charge on any atom is -0.345 e. The van der Waals surface area contributed by atoms with Crippen LogP contribution < -0.4 is 14.8 Å². The highest BCUT2D eigenvalue weighted by molar-refractivity contribution is 7.97. The average molecular weight is 544 g/mol. The second-order valence-electron chi connectivity index (χ2n) is 7.10. The van der Waals surface area contributed by atoms with E-state index in [0.717, 1.165) is 5.56 Å². The summed E-state index contributed by atoms with van der Waals surface area (Å²) in [6.07, 6.45) is 6.42. The quantitative estimate of drug-likeness (QED) is 0.411. The maximum absolute atomic E-state index is 13.2. The lowest BCUT2D eigenvalue weighted by Gasteiger charge is -2.21. The summed E-state index contributed by atoms with van der Waals surface area (Å²) in [6.45, 7) is 1.78. The summed E-state index contributed by atoms with van der Waals surface area (Å²) in [5, 5.41) is 3.90. The second kappa shape index (κ2) is 9.52. The maximum Gasteiger partial charge on any atom is 0.264 e. The first kappa shape index (κ1) is 23.8. The summed E-state index contributed by atoms with van der Waals surface area (Å²) in [5.41, 5.74) is 1.39. The fourth-order valence-corrected chi connectivity index (χ4v) is 5.66. The largest absolute Gasteiger partial charge is 0.345 e. The smallest absolute Gasteiger partial charge is 0.264 e. The highest BCUT2D eigenvalue weighted by Gasteiger charge is 2.30. The standard InChI is InChI=1S/C21H17Cl3N4O3S2/c1-12(13-4-7-16(23)17(24)9-13)26-21(29)15-6-5-14(22)10-18(15)27-33(30,31)20-3-2-8-28-19(20)11-25-32-28/h2-12,25,27H,1H3,(H,26,29). The number of allylic oxidation sites excluding steroid dienone is 2. The monoisotopic (exact) mass is 542 g/mol. The molecule has 12 heteroatoms. The van der Waals surface area contributed by atoms with Gasteiger partial charge >= 0.3 is 0 Å². The fourth-order valence-electron chi connectivity index (χ4n) is 3.20. The first-order chi connectivity index (χ1) is 15.7. The topological polar surface area (TPSA) is 90.5 Å². The molecule has 4 rings (SSSR count). The Kier molecular flexibility index (Phi) is 6.88. The van der Waals surface area contributed by atoms with E-state index < -0.39 is 22.0 Å². The number of benzene rings is 2. The molecular formula is C21H17Cl3N4O3S2. The molecule has 2 aromatic rings. The van der Waals surface area contributed by atoms with Gasteiger partial charge in [0.15, 0.2) is 0 Å². The number of halogens is 3. The average Bonchev–Trinajstić information content (AvgIpc) is 3.24. The van der Waals surface area contributed by atoms with Crippen molar-refractivity contribution in [2.45, 2.75) is 13.0 Å². The van der Waals surface area contributed by atoms with Gasteiger partial charge in [-0.15, -0.1) is 0 Å². The molecule has 0 aliphatic carbocycles. The summed E-state index contributed by atoms with van der Waals surface area (Å²) < 4.78 is 33.4. The lowest BCUT2D eigenvalue weighted by atomic mass is 10.1. The SMILES string of the molecule is CC(NC(=O)c1ccc(Cl)cc1NS(=O)(=O)C1=CC=CN2SNC=C12)c1ccc(Cl)c(Cl)c1. The highest BCUT2D eigenvalue weighted by Crippen LogP contribution is 2.34. The van der Waals surface area contributed by atoms with Crippen LogP contribution in [0.15, 0.2) is 71.6 Å². The van der Waals surface area contributed by atoms with E-state index >= 15 is 0 Å². The van der Waals surface area contributed by atoms with E-state index in [1.165, 1.54) is 36.4 Å². The molecule has 172 valence electrons. The van der Waals surface area contributed by atoms with Gasteiger partial charge in [0, 0.05) is 17.4 Å². The Hall–Kier alpha value is -2.30. The molecule has 0 fully saturated rings. The molecule has 0 saturated heterocycles. The molecule has 2 aliphatic heterocycles. The van der Waals surface area contributed by atoms with Crippen molar-refractivity contribution in [3.8, 4) is 0 Å². The van der Waals surface area contributed by atoms with Gasteiger partial charge in [0.05, 0.1) is 45.2 Å². The van der Waals surface area contributed by atoms with Crippen LogP contribution in [0, 0.1) is 0 Å². The van der Waals surface area contributed by atoms with E-state index in [1.54, 1.807) is 47.9 Å². The number of nitrogens with zero attached hydrogens (tertiary/aromatic N) is 1. The molecule has 0 aromatic heterocycles. The molecular weight excluding hydrogens is 527 g/mol. The van der Waals surface area contributed by atoms with Crippen LogP contribution in [-0.2, 0) is 10.0 Å². The Morgan fingerprint density at radius 1 is 1.12 bits per heavy atom. The zero-order chi connectivity index (χ0) is 23.8. The van der Waals surface area contributed by atoms with Gasteiger partial charge in [-0.2, -0.15) is 0 Å². The highest BCUT2D eigenvalue weighted by atomic mass is 35.5. The van der Waals surface area contributed by atoms with E-state index in [1.807, 2.05) is 0 Å². The molecule has 3 N–H and O–H groups in total. The zero-order valence-electron chi connectivity index (χ0n) is 17.0. The van der Waals surface area contributed by atoms with E-state index in [4.69, 9.17) is 34.8 Å². The summed E-state index contributed by atoms with van der Waals surface area (Å²) in [6, 6.07) is 9.01. The molecule has 2 aliphatic rings. The van der Waals surface area contributed by atoms with Gasteiger partial charge in [-0.1, -0.05) is 40.9 Å². The van der Waals surface area contributed by atoms with Crippen LogP contribution in [0.25, 0.3) is 0 Å². The van der Waals surface area contributed by atoms with Gasteiger partial charge in [-0.05, 0) is 55.0 Å². The van der Waals surface area contributed by atoms with Crippen molar-refractivity contribution in [3.63, 3.8) is 0 Å². The maximum atomic E-state index is 13.2. The third-order valence-electron chi connectivity index (χ3n) is 4.86. The van der Waals surface area contributed by atoms with Crippen LogP contribution in [0.3, 0.4) is 0 Å². The number of fused-ring (bicyclic) bond motifs is 1. The number of hydrogen-bond donors (Lipinski definition) is 3. The Balaban J connectivity index is 1.60. The summed E-state index contributed by atoms with van der Waals surface area (Å²) in [5.74, 6) is -0.487. The molecule has 0 saturated carbocycles. The minimum absolute atomic E-state index is 0.0537. The van der Waals surface area contributed by atoms with Gasteiger partial charge in [-0.25, -0.2) is 8.42 Å². The van der Waals surface area contributed by atoms with Crippen LogP contribution in [0.1, 0.15) is 28.9 Å². The van der Waals surface area contributed by atoms with Crippen LogP contribution in [-0.4, -0.2) is 18.6 Å². The van der Waals surface area contributed by atoms with Crippen LogP contribution in [0.5, 0.6) is 0 Å². The first-order valence-electron chi connectivity index (χ1n) is 9.54. The van der Waals surface area contributed by atoms with Crippen LogP contribution in [0.4, 0.5) is 5.69 Å². The Morgan fingerprint density at radius 2 is 1.91 bits per heavy atom. The van der Waals surface area contributed by atoms with Gasteiger partial charge in [0.2, 0.25) is 0 Å². The van der Waals surface area contributed by atoms with Gasteiger partial charge < -0.3 is 10.0 Å². The predicted octanol–water partition coefficient (Wildman–Crippen LogP) is 5.60. The first-order valence-corrected chi connectivity index (χ1v) is 12.9.